The first-order valence-electron chi connectivity index (χ1n) is 14.8. The lowest BCUT2D eigenvalue weighted by molar-refractivity contribution is -0.137. The number of hydrogen-bond acceptors (Lipinski definition) is 7. The summed E-state index contributed by atoms with van der Waals surface area (Å²) in [7, 11) is -3.28. The van der Waals surface area contributed by atoms with E-state index in [2.05, 4.69) is 16.0 Å². The minimum Gasteiger partial charge on any atom is -0.390 e. The smallest absolute Gasteiger partial charge is 0.390 e. The van der Waals surface area contributed by atoms with Crippen molar-refractivity contribution >= 4 is 28.1 Å². The fraction of sp³-hybridized carbons (Fsp3) is 0.406. The number of anilines is 2. The lowest BCUT2D eigenvalue weighted by atomic mass is 10.00. The maximum absolute atomic E-state index is 16.1. The highest BCUT2D eigenvalue weighted by atomic mass is 32.3. The first-order valence-corrected chi connectivity index (χ1v) is 16.5. The summed E-state index contributed by atoms with van der Waals surface area (Å²) in [6, 6.07) is 15.7. The summed E-state index contributed by atoms with van der Waals surface area (Å²) >= 11 is 0. The third-order valence-corrected chi connectivity index (χ3v) is 9.34. The number of hydrogen-bond donors (Lipinski definition) is 6. The number of amides is 1. The number of carbonyl (C=O) groups excluding carboxylic acids is 1. The number of benzene rings is 3. The number of aliphatic hydroxyl groups is 1. The molecule has 6 N–H and O–H groups in total. The van der Waals surface area contributed by atoms with Gasteiger partial charge in [0.15, 0.2) is 5.82 Å². The molecule has 1 amide bonds. The van der Waals surface area contributed by atoms with E-state index >= 15 is 4.39 Å². The van der Waals surface area contributed by atoms with Gasteiger partial charge in [0, 0.05) is 31.4 Å². The number of nitrogens with zero attached hydrogens (tertiary/aromatic N) is 1. The number of alkyl halides is 3. The molecule has 13 heteroatoms. The molecular weight excluding hydrogens is 612 g/mol. The van der Waals surface area contributed by atoms with Crippen molar-refractivity contribution in [3.8, 4) is 0 Å². The Morgan fingerprint density at radius 3 is 2.38 bits per heavy atom. The van der Waals surface area contributed by atoms with Crippen LogP contribution in [0.4, 0.5) is 28.9 Å². The van der Waals surface area contributed by atoms with Gasteiger partial charge >= 0.3 is 6.18 Å². The van der Waals surface area contributed by atoms with Crippen LogP contribution in [-0.4, -0.2) is 57.1 Å². The van der Waals surface area contributed by atoms with Crippen molar-refractivity contribution < 1.29 is 36.6 Å². The Hall–Kier alpha value is -3.36. The second kappa shape index (κ2) is 14.8. The molecule has 0 spiro atoms. The highest BCUT2D eigenvalue weighted by Gasteiger charge is 2.33. The molecule has 0 aromatic heterocycles. The van der Waals surface area contributed by atoms with Crippen molar-refractivity contribution in [1.29, 1.82) is 0 Å². The van der Waals surface area contributed by atoms with E-state index in [1.807, 2.05) is 32.0 Å². The first-order chi connectivity index (χ1) is 21.2. The van der Waals surface area contributed by atoms with Crippen molar-refractivity contribution in [1.82, 2.24) is 10.6 Å². The Balaban J connectivity index is 1.57. The van der Waals surface area contributed by atoms with Crippen LogP contribution in [0, 0.1) is 5.82 Å². The Kier molecular flexibility index (Phi) is 11.4. The number of rotatable bonds is 12. The maximum Gasteiger partial charge on any atom is 0.416 e. The molecule has 1 aliphatic rings. The van der Waals surface area contributed by atoms with Gasteiger partial charge < -0.3 is 21.1 Å². The second-order valence-corrected chi connectivity index (χ2v) is 13.6. The molecule has 246 valence electrons. The Morgan fingerprint density at radius 1 is 1.00 bits per heavy atom. The van der Waals surface area contributed by atoms with E-state index < -0.39 is 46.4 Å². The molecule has 3 aromatic rings. The van der Waals surface area contributed by atoms with E-state index in [1.54, 1.807) is 12.1 Å². The zero-order valence-electron chi connectivity index (χ0n) is 25.1. The zero-order valence-corrected chi connectivity index (χ0v) is 26.0. The van der Waals surface area contributed by atoms with Crippen molar-refractivity contribution in [2.45, 2.75) is 64.0 Å². The minimum absolute atomic E-state index is 0.0378. The van der Waals surface area contributed by atoms with Crippen LogP contribution in [0.5, 0.6) is 0 Å². The highest BCUT2D eigenvalue weighted by molar-refractivity contribution is 8.25. The zero-order chi connectivity index (χ0) is 32.8. The van der Waals surface area contributed by atoms with Gasteiger partial charge in [-0.2, -0.15) is 13.2 Å². The summed E-state index contributed by atoms with van der Waals surface area (Å²) in [5.74, 6) is -1.64. The summed E-state index contributed by atoms with van der Waals surface area (Å²) in [6.07, 6.45) is -4.29. The van der Waals surface area contributed by atoms with E-state index in [0.29, 0.717) is 24.1 Å². The Bertz CT molecular complexity index is 1440. The van der Waals surface area contributed by atoms with Crippen molar-refractivity contribution in [2.75, 3.05) is 28.5 Å². The standard InChI is InChI=1S/C32H40F4N4O4S/c1-21(2)38-25-17-26(30(33)28(18-25)40-13-6-7-14-45(40,43)44)31(42)39-27(16-22-9-4-3-5-10-22)29(41)20-37-19-23-11-8-12-24(15-23)32(34,35)36/h3-5,8-12,15,17-18,21,27,29,37-38,41,43-44H,6-7,13-14,16,19-20H2,1-2H3,(H,39,42)/t27-,29-/m0/s1. The fourth-order valence-corrected chi connectivity index (χ4v) is 6.90. The average Bonchev–Trinajstić information content (AvgIpc) is 2.97. The van der Waals surface area contributed by atoms with Gasteiger partial charge in [-0.3, -0.25) is 18.2 Å². The van der Waals surface area contributed by atoms with Crippen molar-refractivity contribution in [2.24, 2.45) is 0 Å². The molecule has 4 rings (SSSR count). The number of carbonyl (C=O) groups is 1. The summed E-state index contributed by atoms with van der Waals surface area (Å²) in [5.41, 5.74) is 0.354. The molecule has 0 aliphatic carbocycles. The van der Waals surface area contributed by atoms with Crippen LogP contribution in [0.3, 0.4) is 0 Å². The molecule has 0 bridgehead atoms. The van der Waals surface area contributed by atoms with Crippen LogP contribution in [0.2, 0.25) is 0 Å². The summed E-state index contributed by atoms with van der Waals surface area (Å²) in [6.45, 7) is 3.91. The van der Waals surface area contributed by atoms with Gasteiger partial charge in [0.1, 0.15) is 0 Å². The average molecular weight is 653 g/mol. The lowest BCUT2D eigenvalue weighted by Gasteiger charge is -2.47. The van der Waals surface area contributed by atoms with Crippen LogP contribution in [0.1, 0.15) is 53.7 Å². The van der Waals surface area contributed by atoms with Gasteiger partial charge in [0.2, 0.25) is 0 Å². The van der Waals surface area contributed by atoms with Gasteiger partial charge in [-0.05, 0) is 62.4 Å². The van der Waals surface area contributed by atoms with Gasteiger partial charge in [-0.15, -0.1) is 10.8 Å². The molecule has 0 saturated carbocycles. The highest BCUT2D eigenvalue weighted by Crippen LogP contribution is 2.51. The SMILES string of the molecule is CC(C)Nc1cc(C(=O)N[C@@H](Cc2ccccc2)[C@@H](O)CNCc2cccc(C(F)(F)F)c2)c(F)c(N2CCCCS2(O)O)c1. The number of halogens is 4. The summed E-state index contributed by atoms with van der Waals surface area (Å²) in [5, 5.41) is 20.0. The van der Waals surface area contributed by atoms with Gasteiger partial charge in [0.25, 0.3) is 5.91 Å². The van der Waals surface area contributed by atoms with E-state index in [-0.39, 0.29) is 49.1 Å². The van der Waals surface area contributed by atoms with Gasteiger partial charge in [-0.25, -0.2) is 4.39 Å². The van der Waals surface area contributed by atoms with Crippen molar-refractivity contribution in [3.05, 3.63) is 94.8 Å². The largest absolute Gasteiger partial charge is 0.416 e. The Labute approximate surface area is 262 Å². The molecule has 3 aromatic carbocycles. The van der Waals surface area contributed by atoms with Crippen LogP contribution in [0.15, 0.2) is 66.7 Å². The van der Waals surface area contributed by atoms with E-state index in [4.69, 9.17) is 0 Å². The molecule has 1 aliphatic heterocycles. The molecule has 0 unspecified atom stereocenters. The Morgan fingerprint density at radius 2 is 1.71 bits per heavy atom. The first kappa shape index (κ1) is 34.5. The normalized spacial score (nSPS) is 17.1. The summed E-state index contributed by atoms with van der Waals surface area (Å²) < 4.78 is 78.0. The number of nitrogens with one attached hydrogen (secondary N) is 3. The molecule has 2 atom stereocenters. The lowest BCUT2D eigenvalue weighted by Crippen LogP contribution is -2.49. The van der Waals surface area contributed by atoms with Crippen LogP contribution in [-0.2, 0) is 19.1 Å². The second-order valence-electron chi connectivity index (χ2n) is 11.5. The van der Waals surface area contributed by atoms with Gasteiger partial charge in [0.05, 0.1) is 34.7 Å². The van der Waals surface area contributed by atoms with Crippen LogP contribution < -0.4 is 20.3 Å². The predicted molar refractivity (Wildman–Crippen MR) is 170 cm³/mol. The molecule has 1 fully saturated rings. The fourth-order valence-electron chi connectivity index (χ4n) is 5.22. The topological polar surface area (TPSA) is 117 Å². The third-order valence-electron chi connectivity index (χ3n) is 7.42. The molecule has 0 radical (unpaired) electrons. The third kappa shape index (κ3) is 9.33. The predicted octanol–water partition coefficient (Wildman–Crippen LogP) is 6.42. The molecular formula is C32H40F4N4O4S. The van der Waals surface area contributed by atoms with Crippen LogP contribution in [0.25, 0.3) is 0 Å². The maximum atomic E-state index is 16.1. The van der Waals surface area contributed by atoms with E-state index in [1.165, 1.54) is 28.6 Å². The molecule has 1 heterocycles. The molecule has 1 saturated heterocycles. The van der Waals surface area contributed by atoms with E-state index in [0.717, 1.165) is 17.7 Å². The monoisotopic (exact) mass is 652 g/mol. The summed E-state index contributed by atoms with van der Waals surface area (Å²) in [4.78, 5) is 13.7. The van der Waals surface area contributed by atoms with E-state index in [9.17, 15) is 32.2 Å². The quantitative estimate of drug-likeness (QED) is 0.125. The molecule has 45 heavy (non-hydrogen) atoms. The molecule has 8 nitrogen and oxygen atoms in total. The minimum atomic E-state index is -4.48. The number of aliphatic hydroxyl groups excluding tert-OH is 1. The van der Waals surface area contributed by atoms with Gasteiger partial charge in [-0.1, -0.05) is 48.5 Å². The van der Waals surface area contributed by atoms with Crippen molar-refractivity contribution in [3.63, 3.8) is 0 Å². The van der Waals surface area contributed by atoms with Crippen LogP contribution >= 0.6 is 10.8 Å².